The fraction of sp³-hybridized carbons (Fsp3) is 0.136. The van der Waals surface area contributed by atoms with Crippen LogP contribution < -0.4 is 32.3 Å². The SMILES string of the molecule is [Br-].c1ccc(P2CCC(c3ccccc3)(c3ccccc3)C2=[N+]=C2P(c3ccccc3)CCC2(c2ccccc2)c2ccccc2)cc1. The highest BCUT2D eigenvalue weighted by molar-refractivity contribution is 7.84. The zero-order valence-corrected chi connectivity index (χ0v) is 30.2. The molecule has 4 heteroatoms. The summed E-state index contributed by atoms with van der Waals surface area (Å²) in [6, 6.07) is 67.4. The van der Waals surface area contributed by atoms with Crippen molar-refractivity contribution in [3.8, 4) is 0 Å². The predicted molar refractivity (Wildman–Crippen MR) is 204 cm³/mol. The van der Waals surface area contributed by atoms with E-state index in [1.165, 1.54) is 43.8 Å². The van der Waals surface area contributed by atoms with Crippen LogP contribution in [0.25, 0.3) is 0 Å². The fourth-order valence-electron chi connectivity index (χ4n) is 7.90. The molecule has 2 unspecified atom stereocenters. The first-order valence-corrected chi connectivity index (χ1v) is 19.7. The van der Waals surface area contributed by atoms with E-state index in [-0.39, 0.29) is 27.8 Å². The van der Waals surface area contributed by atoms with Gasteiger partial charge in [0.25, 0.3) is 0 Å². The minimum atomic E-state index is -0.683. The lowest BCUT2D eigenvalue weighted by Crippen LogP contribution is -3.00. The Kier molecular flexibility index (Phi) is 9.73. The van der Waals surface area contributed by atoms with Crippen LogP contribution in [-0.4, -0.2) is 23.2 Å². The van der Waals surface area contributed by atoms with Crippen LogP contribution in [0.5, 0.6) is 0 Å². The van der Waals surface area contributed by atoms with Gasteiger partial charge in [0.15, 0.2) is 0 Å². The molecule has 6 aromatic rings. The maximum atomic E-state index is 6.29. The number of rotatable bonds is 6. The molecule has 2 aliphatic heterocycles. The smallest absolute Gasteiger partial charge is 0.318 e. The van der Waals surface area contributed by atoms with E-state index in [0.717, 1.165) is 25.2 Å². The van der Waals surface area contributed by atoms with Crippen molar-refractivity contribution in [2.24, 2.45) is 0 Å². The summed E-state index contributed by atoms with van der Waals surface area (Å²) >= 11 is 0. The third-order valence-electron chi connectivity index (χ3n) is 10.1. The van der Waals surface area contributed by atoms with Crippen molar-refractivity contribution >= 4 is 37.4 Å². The average molecular weight is 723 g/mol. The van der Waals surface area contributed by atoms with Gasteiger partial charge in [0, 0.05) is 15.8 Å². The first-order chi connectivity index (χ1) is 23.3. The monoisotopic (exact) mass is 721 g/mol. The topological polar surface area (TPSA) is 14.1 Å². The lowest BCUT2D eigenvalue weighted by Gasteiger charge is -2.28. The van der Waals surface area contributed by atoms with Crippen LogP contribution in [0, 0.1) is 0 Å². The summed E-state index contributed by atoms with van der Waals surface area (Å²) in [5.74, 6) is 0. The summed E-state index contributed by atoms with van der Waals surface area (Å²) < 4.78 is 6.29. The van der Waals surface area contributed by atoms with Crippen molar-refractivity contribution in [1.82, 2.24) is 4.67 Å². The van der Waals surface area contributed by atoms with Crippen LogP contribution in [0.3, 0.4) is 0 Å². The molecular weight excluding hydrogens is 684 g/mol. The number of hydrogen-bond donors (Lipinski definition) is 0. The number of hydrogen-bond acceptors (Lipinski definition) is 0. The molecular formula is C44H38BrNP2. The van der Waals surface area contributed by atoms with E-state index in [9.17, 15) is 0 Å². The Hall–Kier alpha value is -3.89. The standard InChI is InChI=1S/C44H38NP2.BrH/c1-7-19-35(20-8-1)43(36-21-9-2-10-22-36)31-33-46(39-27-15-5-16-28-39)41(43)45-42-44(37-23-11-3-12-24-37,38-25-13-4-14-26-38)32-34-47(42)40-29-17-6-18-30-40;/h1-30H,31-34H2;1H/q+1;/p-1. The van der Waals surface area contributed by atoms with E-state index in [0.29, 0.717) is 0 Å². The highest BCUT2D eigenvalue weighted by Crippen LogP contribution is 2.59. The second-order valence-corrected chi connectivity index (χ2v) is 17.0. The Bertz CT molecular complexity index is 1790. The Morgan fingerprint density at radius 1 is 0.354 bits per heavy atom. The summed E-state index contributed by atoms with van der Waals surface area (Å²) in [6.45, 7) is 0. The Labute approximate surface area is 297 Å². The number of benzene rings is 6. The van der Waals surface area contributed by atoms with Gasteiger partial charge in [0.05, 0.1) is 0 Å². The lowest BCUT2D eigenvalue weighted by molar-refractivity contribution is -0.00000897. The van der Waals surface area contributed by atoms with Gasteiger partial charge in [-0.2, -0.15) is 0 Å². The molecule has 8 rings (SSSR count). The van der Waals surface area contributed by atoms with E-state index in [2.05, 4.69) is 182 Å². The highest BCUT2D eigenvalue weighted by atomic mass is 79.9. The van der Waals surface area contributed by atoms with E-state index in [4.69, 9.17) is 4.67 Å². The third kappa shape index (κ3) is 5.66. The molecule has 0 aromatic heterocycles. The van der Waals surface area contributed by atoms with Crippen LogP contribution in [0.1, 0.15) is 35.1 Å². The van der Waals surface area contributed by atoms with Gasteiger partial charge in [-0.3, -0.25) is 0 Å². The predicted octanol–water partition coefficient (Wildman–Crippen LogP) is 6.25. The van der Waals surface area contributed by atoms with Crippen molar-refractivity contribution in [3.05, 3.63) is 204 Å². The molecule has 2 heterocycles. The lowest BCUT2D eigenvalue weighted by atomic mass is 9.72. The number of halogens is 1. The molecule has 0 spiro atoms. The average Bonchev–Trinajstić information content (AvgIpc) is 3.74. The molecule has 6 aromatic carbocycles. The van der Waals surface area contributed by atoms with Crippen LogP contribution in [0.2, 0.25) is 0 Å². The molecule has 1 nitrogen and oxygen atoms in total. The normalized spacial score (nSPS) is 19.3. The second kappa shape index (κ2) is 14.3. The summed E-state index contributed by atoms with van der Waals surface area (Å²) in [5.41, 5.74) is 7.47. The zero-order chi connectivity index (χ0) is 31.5. The number of nitrogens with zero attached hydrogens (tertiary/aromatic N) is 1. The first kappa shape index (κ1) is 32.6. The van der Waals surface area contributed by atoms with E-state index in [1.54, 1.807) is 0 Å². The fourth-order valence-corrected chi connectivity index (χ4v) is 13.7. The molecule has 2 fully saturated rings. The van der Waals surface area contributed by atoms with Gasteiger partial charge in [0.2, 0.25) is 0 Å². The van der Waals surface area contributed by atoms with Crippen molar-refractivity contribution in [2.75, 3.05) is 12.3 Å². The summed E-state index contributed by atoms with van der Waals surface area (Å²) in [7, 11) is -1.37. The van der Waals surface area contributed by atoms with Crippen molar-refractivity contribution in [1.29, 1.82) is 0 Å². The maximum absolute atomic E-state index is 6.29. The molecule has 0 radical (unpaired) electrons. The van der Waals surface area contributed by atoms with Crippen LogP contribution in [0.4, 0.5) is 0 Å². The second-order valence-electron chi connectivity index (χ2n) is 12.5. The van der Waals surface area contributed by atoms with Crippen LogP contribution in [0.15, 0.2) is 182 Å². The van der Waals surface area contributed by atoms with Crippen LogP contribution in [-0.2, 0) is 10.8 Å². The molecule has 2 aliphatic rings. The van der Waals surface area contributed by atoms with Gasteiger partial charge in [-0.05, 0) is 58.0 Å². The largest absolute Gasteiger partial charge is 1.00 e. The molecule has 2 atom stereocenters. The molecule has 0 aliphatic carbocycles. The molecule has 2 saturated heterocycles. The molecule has 0 saturated carbocycles. The summed E-state index contributed by atoms with van der Waals surface area (Å²) in [5, 5.41) is 2.84. The van der Waals surface area contributed by atoms with Crippen molar-refractivity contribution in [3.63, 3.8) is 0 Å². The minimum Gasteiger partial charge on any atom is -1.00 e. The highest BCUT2D eigenvalue weighted by Gasteiger charge is 2.59. The zero-order valence-electron chi connectivity index (χ0n) is 26.9. The van der Waals surface area contributed by atoms with Gasteiger partial charge < -0.3 is 17.0 Å². The third-order valence-corrected chi connectivity index (χ3v) is 15.3. The Morgan fingerprint density at radius 3 is 0.875 bits per heavy atom. The van der Waals surface area contributed by atoms with E-state index in [1.807, 2.05) is 0 Å². The van der Waals surface area contributed by atoms with E-state index >= 15 is 0 Å². The Morgan fingerprint density at radius 2 is 0.604 bits per heavy atom. The van der Waals surface area contributed by atoms with Gasteiger partial charge >= 0.3 is 10.9 Å². The first-order valence-electron chi connectivity index (χ1n) is 16.6. The molecule has 0 bridgehead atoms. The van der Waals surface area contributed by atoms with Crippen LogP contribution >= 0.6 is 15.8 Å². The molecule has 0 amide bonds. The van der Waals surface area contributed by atoms with Gasteiger partial charge in [0.1, 0.15) is 10.8 Å². The molecule has 0 N–H and O–H groups in total. The molecule has 48 heavy (non-hydrogen) atoms. The van der Waals surface area contributed by atoms with Gasteiger partial charge in [-0.1, -0.05) is 187 Å². The van der Waals surface area contributed by atoms with Crippen molar-refractivity contribution < 1.29 is 17.0 Å². The summed E-state index contributed by atoms with van der Waals surface area (Å²) in [6.07, 6.45) is 4.31. The van der Waals surface area contributed by atoms with Gasteiger partial charge in [-0.25, -0.2) is 0 Å². The quantitative estimate of drug-likeness (QED) is 0.143. The van der Waals surface area contributed by atoms with Crippen molar-refractivity contribution in [2.45, 2.75) is 23.7 Å². The minimum absolute atomic E-state index is 0. The van der Waals surface area contributed by atoms with E-state index < -0.39 is 15.8 Å². The van der Waals surface area contributed by atoms with Gasteiger partial charge in [-0.15, -0.1) is 0 Å². The summed E-state index contributed by atoms with van der Waals surface area (Å²) in [4.78, 5) is 0. The Balaban J connectivity index is 0.00000364. The molecule has 236 valence electrons. The maximum Gasteiger partial charge on any atom is 0.318 e.